The van der Waals surface area contributed by atoms with Crippen LogP contribution in [-0.4, -0.2) is 56.7 Å². The van der Waals surface area contributed by atoms with Crippen LogP contribution in [0, 0.1) is 0 Å². The molecule has 0 spiro atoms. The molecule has 1 N–H and O–H groups in total. The van der Waals surface area contributed by atoms with Crippen LogP contribution in [0.1, 0.15) is 61.0 Å². The summed E-state index contributed by atoms with van der Waals surface area (Å²) >= 11 is 0. The number of carbonyl (C=O) groups is 2. The normalized spacial score (nSPS) is 15.9. The fourth-order valence-electron chi connectivity index (χ4n) is 4.56. The average Bonchev–Trinajstić information content (AvgIpc) is 2.88. The van der Waals surface area contributed by atoms with Crippen LogP contribution in [0.5, 0.6) is 11.5 Å². The molecule has 1 aliphatic rings. The second-order valence-corrected chi connectivity index (χ2v) is 8.85. The highest BCUT2D eigenvalue weighted by molar-refractivity contribution is 5.89. The van der Waals surface area contributed by atoms with E-state index in [4.69, 9.17) is 14.2 Å². The van der Waals surface area contributed by atoms with Gasteiger partial charge < -0.3 is 19.5 Å². The van der Waals surface area contributed by atoms with Crippen molar-refractivity contribution in [3.05, 3.63) is 59.7 Å². The van der Waals surface area contributed by atoms with Gasteiger partial charge in [-0.1, -0.05) is 37.5 Å². The molecule has 1 amide bonds. The van der Waals surface area contributed by atoms with Gasteiger partial charge in [0.05, 0.1) is 25.8 Å². The summed E-state index contributed by atoms with van der Waals surface area (Å²) in [7, 11) is 5.00. The topological polar surface area (TPSA) is 77.1 Å². The van der Waals surface area contributed by atoms with Crippen LogP contribution in [0.4, 0.5) is 0 Å². The fourth-order valence-corrected chi connectivity index (χ4v) is 4.56. The molecule has 184 valence electrons. The summed E-state index contributed by atoms with van der Waals surface area (Å²) < 4.78 is 16.0. The molecule has 1 unspecified atom stereocenters. The highest BCUT2D eigenvalue weighted by Gasteiger charge is 2.43. The highest BCUT2D eigenvalue weighted by atomic mass is 16.5. The van der Waals surface area contributed by atoms with Gasteiger partial charge in [-0.3, -0.25) is 9.69 Å². The lowest BCUT2D eigenvalue weighted by molar-refractivity contribution is -0.136. The number of esters is 1. The molecular formula is C27H36N2O5. The first-order chi connectivity index (χ1) is 16.4. The number of rotatable bonds is 10. The van der Waals surface area contributed by atoms with Crippen LogP contribution in [0.15, 0.2) is 48.5 Å². The maximum absolute atomic E-state index is 13.6. The quantitative estimate of drug-likeness (QED) is 0.522. The highest BCUT2D eigenvalue weighted by Crippen LogP contribution is 2.34. The minimum Gasteiger partial charge on any atom is -0.497 e. The molecule has 0 saturated heterocycles. The predicted octanol–water partition coefficient (Wildman–Crippen LogP) is 4.37. The van der Waals surface area contributed by atoms with Gasteiger partial charge in [-0.15, -0.1) is 0 Å². The second kappa shape index (κ2) is 11.9. The molecule has 7 heteroatoms. The van der Waals surface area contributed by atoms with Crippen molar-refractivity contribution in [1.29, 1.82) is 0 Å². The summed E-state index contributed by atoms with van der Waals surface area (Å²) in [6.45, 7) is 3.07. The number of carbonyl (C=O) groups excluding carboxylic acids is 2. The van der Waals surface area contributed by atoms with Gasteiger partial charge in [0, 0.05) is 12.6 Å². The van der Waals surface area contributed by atoms with Crippen molar-refractivity contribution in [3.8, 4) is 11.5 Å². The Morgan fingerprint density at radius 1 is 1.03 bits per heavy atom. The van der Waals surface area contributed by atoms with Crippen molar-refractivity contribution in [1.82, 2.24) is 10.2 Å². The van der Waals surface area contributed by atoms with Gasteiger partial charge in [-0.05, 0) is 56.6 Å². The number of methoxy groups -OCH3 is 2. The molecule has 1 fully saturated rings. The molecule has 2 aromatic carbocycles. The fraction of sp³-hybridized carbons (Fsp3) is 0.481. The second-order valence-electron chi connectivity index (χ2n) is 8.85. The molecule has 7 nitrogen and oxygen atoms in total. The Morgan fingerprint density at radius 2 is 1.71 bits per heavy atom. The zero-order chi connectivity index (χ0) is 24.6. The maximum Gasteiger partial charge on any atom is 0.337 e. The van der Waals surface area contributed by atoms with E-state index in [9.17, 15) is 9.59 Å². The lowest BCUT2D eigenvalue weighted by Crippen LogP contribution is -2.59. The number of hydrogen-bond donors (Lipinski definition) is 1. The van der Waals surface area contributed by atoms with Crippen molar-refractivity contribution < 1.29 is 23.8 Å². The van der Waals surface area contributed by atoms with E-state index in [0.717, 1.165) is 49.2 Å². The SMILES string of the molecule is COC(=O)c1ccc(C(C)NC(=O)C2(N(C)CCOc3cccc(OC)c3)CCCCC2)cc1. The third-order valence-electron chi connectivity index (χ3n) is 6.75. The first kappa shape index (κ1) is 25.6. The van der Waals surface area contributed by atoms with E-state index in [0.29, 0.717) is 18.7 Å². The summed E-state index contributed by atoms with van der Waals surface area (Å²) in [5.41, 5.74) is 0.871. The summed E-state index contributed by atoms with van der Waals surface area (Å²) in [5, 5.41) is 3.22. The lowest BCUT2D eigenvalue weighted by Gasteiger charge is -2.43. The van der Waals surface area contributed by atoms with E-state index in [-0.39, 0.29) is 17.9 Å². The molecular weight excluding hydrogens is 432 g/mol. The first-order valence-electron chi connectivity index (χ1n) is 11.9. The minimum atomic E-state index is -0.559. The van der Waals surface area contributed by atoms with E-state index in [1.165, 1.54) is 7.11 Å². The van der Waals surface area contributed by atoms with Crippen LogP contribution in [0.2, 0.25) is 0 Å². The van der Waals surface area contributed by atoms with E-state index in [2.05, 4.69) is 10.2 Å². The number of ether oxygens (including phenoxy) is 3. The molecule has 2 aromatic rings. The Bertz CT molecular complexity index is 954. The largest absolute Gasteiger partial charge is 0.497 e. The molecule has 0 radical (unpaired) electrons. The molecule has 0 bridgehead atoms. The first-order valence-corrected chi connectivity index (χ1v) is 11.9. The molecule has 1 saturated carbocycles. The molecule has 3 rings (SSSR count). The third kappa shape index (κ3) is 6.08. The molecule has 34 heavy (non-hydrogen) atoms. The van der Waals surface area contributed by atoms with Gasteiger partial charge >= 0.3 is 5.97 Å². The molecule has 1 aliphatic carbocycles. The van der Waals surface area contributed by atoms with Crippen molar-refractivity contribution in [3.63, 3.8) is 0 Å². The van der Waals surface area contributed by atoms with E-state index >= 15 is 0 Å². The molecule has 0 aliphatic heterocycles. The minimum absolute atomic E-state index is 0.0422. The van der Waals surface area contributed by atoms with Gasteiger partial charge in [0.25, 0.3) is 0 Å². The number of nitrogens with zero attached hydrogens (tertiary/aromatic N) is 1. The number of nitrogens with one attached hydrogen (secondary N) is 1. The van der Waals surface area contributed by atoms with Crippen molar-refractivity contribution in [2.24, 2.45) is 0 Å². The van der Waals surface area contributed by atoms with Crippen molar-refractivity contribution >= 4 is 11.9 Å². The summed E-state index contributed by atoms with van der Waals surface area (Å²) in [6.07, 6.45) is 4.84. The summed E-state index contributed by atoms with van der Waals surface area (Å²) in [4.78, 5) is 27.4. The Balaban J connectivity index is 1.64. The van der Waals surface area contributed by atoms with Crippen LogP contribution in [0.25, 0.3) is 0 Å². The van der Waals surface area contributed by atoms with Crippen LogP contribution >= 0.6 is 0 Å². The molecule has 1 atom stereocenters. The molecule has 0 heterocycles. The number of benzene rings is 2. The third-order valence-corrected chi connectivity index (χ3v) is 6.75. The van der Waals surface area contributed by atoms with Gasteiger partial charge in [-0.25, -0.2) is 4.79 Å². The van der Waals surface area contributed by atoms with Gasteiger partial charge in [0.2, 0.25) is 5.91 Å². The Kier molecular flexibility index (Phi) is 8.93. The van der Waals surface area contributed by atoms with E-state index in [1.54, 1.807) is 19.2 Å². The Labute approximate surface area is 202 Å². The lowest BCUT2D eigenvalue weighted by atomic mass is 9.79. The van der Waals surface area contributed by atoms with Crippen molar-refractivity contribution in [2.75, 3.05) is 34.4 Å². The summed E-state index contributed by atoms with van der Waals surface area (Å²) in [5.74, 6) is 1.17. The zero-order valence-electron chi connectivity index (χ0n) is 20.6. The van der Waals surface area contributed by atoms with Crippen LogP contribution in [0.3, 0.4) is 0 Å². The van der Waals surface area contributed by atoms with Crippen molar-refractivity contribution in [2.45, 2.75) is 50.6 Å². The maximum atomic E-state index is 13.6. The predicted molar refractivity (Wildman–Crippen MR) is 131 cm³/mol. The van der Waals surface area contributed by atoms with Crippen LogP contribution < -0.4 is 14.8 Å². The smallest absolute Gasteiger partial charge is 0.337 e. The van der Waals surface area contributed by atoms with Gasteiger partial charge in [-0.2, -0.15) is 0 Å². The van der Waals surface area contributed by atoms with Gasteiger partial charge in [0.15, 0.2) is 0 Å². The Hall–Kier alpha value is -3.06. The Morgan fingerprint density at radius 3 is 2.35 bits per heavy atom. The van der Waals surface area contributed by atoms with E-state index in [1.807, 2.05) is 50.4 Å². The van der Waals surface area contributed by atoms with Crippen LogP contribution in [-0.2, 0) is 9.53 Å². The average molecular weight is 469 g/mol. The summed E-state index contributed by atoms with van der Waals surface area (Å²) in [6, 6.07) is 14.5. The van der Waals surface area contributed by atoms with E-state index < -0.39 is 5.54 Å². The molecule has 0 aromatic heterocycles. The number of hydrogen-bond acceptors (Lipinski definition) is 6. The standard InChI is InChI=1S/C27H36N2O5/c1-20(21-11-13-22(14-12-21)25(30)33-4)28-26(31)27(15-6-5-7-16-27)29(2)17-18-34-24-10-8-9-23(19-24)32-3/h8-14,19-20H,5-7,15-18H2,1-4H3,(H,28,31). The zero-order valence-corrected chi connectivity index (χ0v) is 20.6. The van der Waals surface area contributed by atoms with Gasteiger partial charge in [0.1, 0.15) is 23.6 Å². The number of amides is 1. The monoisotopic (exact) mass is 468 g/mol. The number of likely N-dealkylation sites (N-methyl/N-ethyl adjacent to an activating group) is 1.